The van der Waals surface area contributed by atoms with Gasteiger partial charge >= 0.3 is 6.09 Å². The summed E-state index contributed by atoms with van der Waals surface area (Å²) < 4.78 is 34.5. The number of nitrogens with one attached hydrogen (secondary N) is 1. The van der Waals surface area contributed by atoms with Crippen molar-refractivity contribution < 1.29 is 23.4 Å². The van der Waals surface area contributed by atoms with E-state index in [2.05, 4.69) is 15.1 Å². The number of piperidine rings is 2. The van der Waals surface area contributed by atoms with E-state index in [9.17, 15) is 9.18 Å². The fraction of sp³-hybridized carbons (Fsp3) is 0.636. The molecule has 2 aromatic heterocycles. The van der Waals surface area contributed by atoms with Crippen LogP contribution in [0.5, 0.6) is 5.75 Å². The summed E-state index contributed by atoms with van der Waals surface area (Å²) in [6.07, 6.45) is 7.10. The second kappa shape index (κ2) is 11.6. The quantitative estimate of drug-likeness (QED) is 0.378. The van der Waals surface area contributed by atoms with Gasteiger partial charge in [-0.3, -0.25) is 0 Å². The molecule has 11 nitrogen and oxygen atoms in total. The molecule has 1 amide bonds. The van der Waals surface area contributed by atoms with Crippen molar-refractivity contribution in [3.63, 3.8) is 0 Å². The molecule has 45 heavy (non-hydrogen) atoms. The number of halogens is 1. The van der Waals surface area contributed by atoms with E-state index in [1.165, 1.54) is 18.6 Å². The maximum absolute atomic E-state index is 14.2. The molecule has 0 radical (unpaired) electrons. The van der Waals surface area contributed by atoms with Gasteiger partial charge in [0.25, 0.3) is 0 Å². The first-order valence-electron chi connectivity index (χ1n) is 16.5. The highest BCUT2D eigenvalue weighted by molar-refractivity contribution is 5.86. The molecule has 0 saturated carbocycles. The number of hydrogen-bond donors (Lipinski definition) is 1. The Morgan fingerprint density at radius 1 is 1.02 bits per heavy atom. The molecule has 4 aliphatic heterocycles. The van der Waals surface area contributed by atoms with Crippen molar-refractivity contribution in [3.8, 4) is 5.75 Å². The summed E-state index contributed by atoms with van der Waals surface area (Å²) >= 11 is 0. The Kier molecular flexibility index (Phi) is 7.74. The van der Waals surface area contributed by atoms with E-state index < -0.39 is 23.3 Å². The van der Waals surface area contributed by atoms with Crippen LogP contribution in [-0.4, -0.2) is 69.8 Å². The summed E-state index contributed by atoms with van der Waals surface area (Å²) in [7, 11) is 0. The lowest BCUT2D eigenvalue weighted by Crippen LogP contribution is -2.54. The predicted molar refractivity (Wildman–Crippen MR) is 168 cm³/mol. The number of aromatic nitrogens is 4. The van der Waals surface area contributed by atoms with Gasteiger partial charge in [-0.25, -0.2) is 23.8 Å². The Bertz CT molecular complexity index is 1570. The van der Waals surface area contributed by atoms with Crippen LogP contribution in [0.15, 0.2) is 18.2 Å². The fourth-order valence-electron chi connectivity index (χ4n) is 7.26. The molecule has 2 atom stereocenters. The highest BCUT2D eigenvalue weighted by Crippen LogP contribution is 2.49. The van der Waals surface area contributed by atoms with Crippen molar-refractivity contribution in [3.05, 3.63) is 35.3 Å². The number of ether oxygens (including phenoxy) is 3. The lowest BCUT2D eigenvalue weighted by Gasteiger charge is -2.42. The van der Waals surface area contributed by atoms with Crippen LogP contribution in [-0.2, 0) is 9.47 Å². The summed E-state index contributed by atoms with van der Waals surface area (Å²) in [6.45, 7) is 11.4. The van der Waals surface area contributed by atoms with Crippen LogP contribution < -0.4 is 19.9 Å². The van der Waals surface area contributed by atoms with E-state index in [0.29, 0.717) is 31.7 Å². The van der Waals surface area contributed by atoms with E-state index >= 15 is 0 Å². The molecule has 0 aliphatic carbocycles. The Balaban J connectivity index is 1.18. The lowest BCUT2D eigenvalue weighted by molar-refractivity contribution is -0.0369. The van der Waals surface area contributed by atoms with Gasteiger partial charge in [0.1, 0.15) is 28.8 Å². The number of fused-ring (bicyclic) bond motifs is 2. The third-order valence-corrected chi connectivity index (χ3v) is 9.44. The van der Waals surface area contributed by atoms with Crippen LogP contribution in [0.25, 0.3) is 11.2 Å². The zero-order chi connectivity index (χ0) is 31.3. The van der Waals surface area contributed by atoms with E-state index in [1.807, 2.05) is 32.4 Å². The average molecular weight is 622 g/mol. The molecule has 3 fully saturated rings. The number of carbonyl (C=O) groups excluding carboxylic acids is 1. The van der Waals surface area contributed by atoms with Crippen molar-refractivity contribution >= 4 is 28.9 Å². The third kappa shape index (κ3) is 5.77. The molecule has 3 saturated heterocycles. The number of anilines is 2. The first-order chi connectivity index (χ1) is 21.6. The van der Waals surface area contributed by atoms with Crippen LogP contribution in [0.3, 0.4) is 0 Å². The highest BCUT2D eigenvalue weighted by atomic mass is 19.1. The van der Waals surface area contributed by atoms with Gasteiger partial charge in [-0.05, 0) is 72.3 Å². The molecule has 4 aliphatic rings. The van der Waals surface area contributed by atoms with Crippen LogP contribution in [0.2, 0.25) is 0 Å². The molecule has 1 unspecified atom stereocenters. The first-order valence-corrected chi connectivity index (χ1v) is 16.5. The number of rotatable bonds is 4. The van der Waals surface area contributed by atoms with Gasteiger partial charge in [0, 0.05) is 57.3 Å². The summed E-state index contributed by atoms with van der Waals surface area (Å²) in [5.74, 6) is 1.81. The van der Waals surface area contributed by atoms with Crippen LogP contribution in [0.1, 0.15) is 95.7 Å². The number of amides is 1. The average Bonchev–Trinajstić information content (AvgIpc) is 3.52. The van der Waals surface area contributed by atoms with Crippen molar-refractivity contribution in [2.75, 3.05) is 42.6 Å². The zero-order valence-electron chi connectivity index (χ0n) is 26.8. The molecule has 0 bridgehead atoms. The maximum atomic E-state index is 14.2. The summed E-state index contributed by atoms with van der Waals surface area (Å²) in [4.78, 5) is 27.9. The molecule has 3 aromatic rings. The molecule has 6 heterocycles. The minimum absolute atomic E-state index is 0.153. The second-order valence-electron chi connectivity index (χ2n) is 13.9. The number of aryl methyl sites for hydroxylation is 1. The van der Waals surface area contributed by atoms with E-state index in [4.69, 9.17) is 29.3 Å². The minimum atomic E-state index is -0.742. The summed E-state index contributed by atoms with van der Waals surface area (Å²) in [5.41, 5.74) is 1.81. The van der Waals surface area contributed by atoms with Gasteiger partial charge in [0.05, 0.1) is 5.69 Å². The van der Waals surface area contributed by atoms with Gasteiger partial charge in [0.2, 0.25) is 0 Å². The van der Waals surface area contributed by atoms with Gasteiger partial charge in [0.15, 0.2) is 29.0 Å². The Morgan fingerprint density at radius 2 is 1.78 bits per heavy atom. The van der Waals surface area contributed by atoms with Gasteiger partial charge < -0.3 is 29.3 Å². The Hall–Kier alpha value is -3.67. The van der Waals surface area contributed by atoms with Crippen LogP contribution in [0.4, 0.5) is 20.8 Å². The number of alkyl carbamates (subject to hydrolysis) is 1. The zero-order valence-corrected chi connectivity index (χ0v) is 26.8. The number of carbonyl (C=O) groups is 1. The predicted octanol–water partition coefficient (Wildman–Crippen LogP) is 5.96. The molecular formula is C33H44FN7O4. The van der Waals surface area contributed by atoms with Gasteiger partial charge in [-0.15, -0.1) is 5.10 Å². The van der Waals surface area contributed by atoms with E-state index in [1.54, 1.807) is 6.07 Å². The molecule has 242 valence electrons. The molecular weight excluding hydrogens is 577 g/mol. The van der Waals surface area contributed by atoms with Gasteiger partial charge in [-0.1, -0.05) is 6.07 Å². The number of hydrogen-bond acceptors (Lipinski definition) is 9. The highest BCUT2D eigenvalue weighted by Gasteiger charge is 2.51. The molecule has 1 spiro atoms. The second-order valence-corrected chi connectivity index (χ2v) is 13.9. The number of benzene rings is 1. The Morgan fingerprint density at radius 3 is 2.49 bits per heavy atom. The van der Waals surface area contributed by atoms with E-state index in [-0.39, 0.29) is 12.0 Å². The summed E-state index contributed by atoms with van der Waals surface area (Å²) in [6, 6.07) is 4.03. The van der Waals surface area contributed by atoms with Crippen molar-refractivity contribution in [1.82, 2.24) is 25.1 Å². The van der Waals surface area contributed by atoms with Crippen molar-refractivity contribution in [2.45, 2.75) is 103 Å². The van der Waals surface area contributed by atoms with Crippen molar-refractivity contribution in [2.24, 2.45) is 0 Å². The normalized spacial score (nSPS) is 23.2. The van der Waals surface area contributed by atoms with Crippen LogP contribution >= 0.6 is 0 Å². The largest absolute Gasteiger partial charge is 0.484 e. The molecule has 7 rings (SSSR count). The standard InChI is InChI=1S/C33H44FN7O4/c1-21-28(37-29-26(35-21)30(39-15-7-5-8-16-39)38-41(29)25-10-6-9-19-43-25)40-17-13-33(14-18-40)27(36-31(42)45-32(2,3)4)23-12-11-22(34)20-24(23)44-33/h11-12,20,25,27H,5-10,13-19H2,1-4H3,(H,36,42)/t25?,27-/m1/s1. The minimum Gasteiger partial charge on any atom is -0.484 e. The first kappa shape index (κ1) is 30.0. The van der Waals surface area contributed by atoms with Gasteiger partial charge in [-0.2, -0.15) is 0 Å². The lowest BCUT2D eigenvalue weighted by atomic mass is 9.82. The number of nitrogens with zero attached hydrogens (tertiary/aromatic N) is 6. The monoisotopic (exact) mass is 621 g/mol. The molecule has 1 aromatic carbocycles. The van der Waals surface area contributed by atoms with Crippen molar-refractivity contribution in [1.29, 1.82) is 0 Å². The molecule has 1 N–H and O–H groups in total. The topological polar surface area (TPSA) is 107 Å². The SMILES string of the molecule is Cc1nc2c(N3CCCCC3)nn(C3CCCCO3)c2nc1N1CCC2(CC1)Oc1cc(F)ccc1[C@H]2NC(=O)OC(C)(C)C. The maximum Gasteiger partial charge on any atom is 0.408 e. The Labute approximate surface area is 263 Å². The molecule has 12 heteroatoms. The third-order valence-electron chi connectivity index (χ3n) is 9.44. The summed E-state index contributed by atoms with van der Waals surface area (Å²) in [5, 5.41) is 8.14. The van der Waals surface area contributed by atoms with Crippen LogP contribution in [0, 0.1) is 12.7 Å². The smallest absolute Gasteiger partial charge is 0.408 e. The fourth-order valence-corrected chi connectivity index (χ4v) is 7.26. The van der Waals surface area contributed by atoms with E-state index in [0.717, 1.165) is 85.9 Å².